The summed E-state index contributed by atoms with van der Waals surface area (Å²) in [5.74, 6) is -0.0723. The second-order valence-electron chi connectivity index (χ2n) is 5.25. The number of nitrogens with zero attached hydrogens (tertiary/aromatic N) is 1. The minimum Gasteiger partial charge on any atom is -0.493 e. The second kappa shape index (κ2) is 9.81. The lowest BCUT2D eigenvalue weighted by Gasteiger charge is -2.10. The molecule has 142 valence electrons. The van der Waals surface area contributed by atoms with Crippen molar-refractivity contribution in [3.05, 3.63) is 53.6 Å². The van der Waals surface area contributed by atoms with Crippen LogP contribution in [0.4, 0.5) is 0 Å². The first-order valence-corrected chi connectivity index (χ1v) is 8.12. The predicted molar refractivity (Wildman–Crippen MR) is 98.8 cm³/mol. The maximum Gasteiger partial charge on any atom is 0.341 e. The molecule has 27 heavy (non-hydrogen) atoms. The van der Waals surface area contributed by atoms with Gasteiger partial charge < -0.3 is 19.3 Å². The summed E-state index contributed by atoms with van der Waals surface area (Å²) >= 11 is 0. The lowest BCUT2D eigenvalue weighted by Crippen LogP contribution is -2.17. The van der Waals surface area contributed by atoms with Gasteiger partial charge in [-0.25, -0.2) is 10.2 Å². The average molecular weight is 372 g/mol. The molecule has 0 saturated carbocycles. The smallest absolute Gasteiger partial charge is 0.341 e. The summed E-state index contributed by atoms with van der Waals surface area (Å²) in [6.07, 6.45) is 1.43. The average Bonchev–Trinajstić information content (AvgIpc) is 2.67. The third kappa shape index (κ3) is 6.03. The van der Waals surface area contributed by atoms with Gasteiger partial charge in [-0.05, 0) is 42.8 Å². The fraction of sp³-hybridized carbons (Fsp3) is 0.211. The van der Waals surface area contributed by atoms with Gasteiger partial charge in [0.25, 0.3) is 5.91 Å². The second-order valence-corrected chi connectivity index (χ2v) is 5.25. The van der Waals surface area contributed by atoms with E-state index in [4.69, 9.17) is 19.3 Å². The monoisotopic (exact) mass is 372 g/mol. The van der Waals surface area contributed by atoms with Crippen LogP contribution in [-0.2, 0) is 4.79 Å². The topological polar surface area (TPSA) is 106 Å². The third-order valence-corrected chi connectivity index (χ3v) is 3.33. The maximum atomic E-state index is 12.2. The molecule has 0 aliphatic heterocycles. The van der Waals surface area contributed by atoms with E-state index in [-0.39, 0.29) is 0 Å². The Balaban J connectivity index is 2.00. The molecule has 0 unspecified atom stereocenters. The highest BCUT2D eigenvalue weighted by Gasteiger charge is 2.10. The van der Waals surface area contributed by atoms with Gasteiger partial charge in [0.05, 0.1) is 19.9 Å². The summed E-state index contributed by atoms with van der Waals surface area (Å²) in [5.41, 5.74) is 3.43. The van der Waals surface area contributed by atoms with Crippen molar-refractivity contribution in [2.24, 2.45) is 5.10 Å². The number of carboxylic acids is 1. The van der Waals surface area contributed by atoms with Crippen molar-refractivity contribution in [2.45, 2.75) is 6.92 Å². The van der Waals surface area contributed by atoms with Gasteiger partial charge in [0.15, 0.2) is 18.1 Å². The van der Waals surface area contributed by atoms with E-state index >= 15 is 0 Å². The molecule has 0 fully saturated rings. The van der Waals surface area contributed by atoms with Crippen molar-refractivity contribution in [3.8, 4) is 17.2 Å². The first kappa shape index (κ1) is 19.8. The molecule has 2 aromatic carbocycles. The first-order chi connectivity index (χ1) is 13.0. The molecule has 8 nitrogen and oxygen atoms in total. The van der Waals surface area contributed by atoms with Gasteiger partial charge in [-0.2, -0.15) is 5.10 Å². The third-order valence-electron chi connectivity index (χ3n) is 3.33. The van der Waals surface area contributed by atoms with Gasteiger partial charge in [-0.1, -0.05) is 12.1 Å². The Hall–Kier alpha value is -3.55. The Morgan fingerprint density at radius 1 is 1.15 bits per heavy atom. The van der Waals surface area contributed by atoms with Crippen LogP contribution in [0, 0.1) is 0 Å². The summed E-state index contributed by atoms with van der Waals surface area (Å²) in [4.78, 5) is 22.7. The minimum atomic E-state index is -1.06. The predicted octanol–water partition coefficient (Wildman–Crippen LogP) is 2.32. The van der Waals surface area contributed by atoms with Crippen molar-refractivity contribution in [1.29, 1.82) is 0 Å². The molecule has 0 radical (unpaired) electrons. The number of carboxylic acid groups (broad SMARTS) is 1. The highest BCUT2D eigenvalue weighted by Crippen LogP contribution is 2.27. The van der Waals surface area contributed by atoms with E-state index in [1.807, 2.05) is 6.92 Å². The van der Waals surface area contributed by atoms with E-state index in [9.17, 15) is 9.59 Å². The number of nitrogens with one attached hydrogen (secondary N) is 1. The molecule has 0 heterocycles. The molecule has 0 bridgehead atoms. The van der Waals surface area contributed by atoms with E-state index in [2.05, 4.69) is 10.5 Å². The van der Waals surface area contributed by atoms with Crippen LogP contribution in [-0.4, -0.2) is 43.5 Å². The van der Waals surface area contributed by atoms with Crippen molar-refractivity contribution >= 4 is 18.1 Å². The van der Waals surface area contributed by atoms with Crippen LogP contribution in [0.2, 0.25) is 0 Å². The molecule has 2 rings (SSSR count). The van der Waals surface area contributed by atoms with Gasteiger partial charge in [-0.15, -0.1) is 0 Å². The summed E-state index contributed by atoms with van der Waals surface area (Å²) < 4.78 is 15.7. The number of hydrogen-bond acceptors (Lipinski definition) is 6. The molecule has 0 saturated heterocycles. The van der Waals surface area contributed by atoms with E-state index in [1.54, 1.807) is 42.5 Å². The van der Waals surface area contributed by atoms with E-state index < -0.39 is 18.5 Å². The first-order valence-electron chi connectivity index (χ1n) is 8.12. The Morgan fingerprint density at radius 2 is 1.96 bits per heavy atom. The number of rotatable bonds is 9. The molecule has 0 aliphatic rings. The molecule has 2 aromatic rings. The highest BCUT2D eigenvalue weighted by atomic mass is 16.5. The maximum absolute atomic E-state index is 12.2. The Morgan fingerprint density at radius 3 is 2.67 bits per heavy atom. The molecule has 0 aliphatic carbocycles. The zero-order valence-electron chi connectivity index (χ0n) is 15.0. The number of ether oxygens (including phenoxy) is 3. The number of carbonyl (C=O) groups is 2. The van der Waals surface area contributed by atoms with Gasteiger partial charge in [0.1, 0.15) is 5.75 Å². The fourth-order valence-electron chi connectivity index (χ4n) is 2.14. The quantitative estimate of drug-likeness (QED) is 0.517. The van der Waals surface area contributed by atoms with Crippen LogP contribution in [0.5, 0.6) is 17.2 Å². The van der Waals surface area contributed by atoms with Crippen LogP contribution in [0.15, 0.2) is 47.6 Å². The Bertz CT molecular complexity index is 835. The molecule has 0 atom stereocenters. The number of methoxy groups -OCH3 is 1. The number of hydrogen-bond donors (Lipinski definition) is 2. The van der Waals surface area contributed by atoms with Crippen LogP contribution < -0.4 is 19.6 Å². The van der Waals surface area contributed by atoms with E-state index in [1.165, 1.54) is 13.3 Å². The fourth-order valence-corrected chi connectivity index (χ4v) is 2.14. The Kier molecular flexibility index (Phi) is 7.18. The Labute approximate surface area is 156 Å². The lowest BCUT2D eigenvalue weighted by molar-refractivity contribution is -0.139. The minimum absolute atomic E-state index is 0.367. The summed E-state index contributed by atoms with van der Waals surface area (Å²) in [6.45, 7) is 1.91. The number of aliphatic carboxylic acids is 1. The number of hydrazone groups is 1. The van der Waals surface area contributed by atoms with Gasteiger partial charge in [-0.3, -0.25) is 4.79 Å². The lowest BCUT2D eigenvalue weighted by atomic mass is 10.2. The zero-order chi connectivity index (χ0) is 19.6. The van der Waals surface area contributed by atoms with Gasteiger partial charge >= 0.3 is 5.97 Å². The normalized spacial score (nSPS) is 10.4. The molecule has 8 heteroatoms. The summed E-state index contributed by atoms with van der Waals surface area (Å²) in [6, 6.07) is 11.5. The van der Waals surface area contributed by atoms with Crippen molar-refractivity contribution in [2.75, 3.05) is 20.3 Å². The zero-order valence-corrected chi connectivity index (χ0v) is 15.0. The van der Waals surface area contributed by atoms with Crippen molar-refractivity contribution in [1.82, 2.24) is 5.43 Å². The summed E-state index contributed by atoms with van der Waals surface area (Å²) in [7, 11) is 1.50. The largest absolute Gasteiger partial charge is 0.493 e. The molecular formula is C19H20N2O6. The van der Waals surface area contributed by atoms with Crippen LogP contribution in [0.1, 0.15) is 22.8 Å². The molecule has 1 amide bonds. The number of carbonyl (C=O) groups excluding carboxylic acids is 1. The number of amides is 1. The van der Waals surface area contributed by atoms with E-state index in [0.29, 0.717) is 35.0 Å². The molecular weight excluding hydrogens is 352 g/mol. The van der Waals surface area contributed by atoms with Crippen LogP contribution >= 0.6 is 0 Å². The van der Waals surface area contributed by atoms with Crippen molar-refractivity contribution < 1.29 is 28.9 Å². The summed E-state index contributed by atoms with van der Waals surface area (Å²) in [5, 5.41) is 12.5. The van der Waals surface area contributed by atoms with Crippen LogP contribution in [0.3, 0.4) is 0 Å². The van der Waals surface area contributed by atoms with Crippen molar-refractivity contribution in [3.63, 3.8) is 0 Å². The van der Waals surface area contributed by atoms with Crippen LogP contribution in [0.25, 0.3) is 0 Å². The molecule has 2 N–H and O–H groups in total. The molecule has 0 aromatic heterocycles. The number of benzene rings is 2. The molecule has 0 spiro atoms. The standard InChI is InChI=1S/C19H20N2O6/c1-3-26-16-8-7-14(10-17(16)25-2)19(24)21-20-11-13-5-4-6-15(9-13)27-12-18(22)23/h4-11H,3,12H2,1-2H3,(H,21,24)(H,22,23)/b20-11+. The van der Waals surface area contributed by atoms with E-state index in [0.717, 1.165) is 0 Å². The van der Waals surface area contributed by atoms with Gasteiger partial charge in [0.2, 0.25) is 0 Å². The highest BCUT2D eigenvalue weighted by molar-refractivity contribution is 5.95. The van der Waals surface area contributed by atoms with Gasteiger partial charge in [0, 0.05) is 5.56 Å². The SMILES string of the molecule is CCOc1ccc(C(=O)N/N=C/c2cccc(OCC(=O)O)c2)cc1OC.